The normalized spacial score (nSPS) is 21.8. The van der Waals surface area contributed by atoms with E-state index >= 15 is 0 Å². The number of halogens is 1. The summed E-state index contributed by atoms with van der Waals surface area (Å²) in [4.78, 5) is 11.8. The van der Waals surface area contributed by atoms with Gasteiger partial charge in [-0.05, 0) is 31.0 Å². The molecule has 1 saturated carbocycles. The number of carbonyl (C=O) groups is 1. The number of ether oxygens (including phenoxy) is 1. The van der Waals surface area contributed by atoms with Crippen LogP contribution in [0.5, 0.6) is 5.75 Å². The van der Waals surface area contributed by atoms with Crippen molar-refractivity contribution in [2.75, 3.05) is 13.2 Å². The number of aliphatic hydroxyl groups excluding tert-OH is 1. The third-order valence-corrected chi connectivity index (χ3v) is 4.32. The molecule has 2 rings (SSSR count). The highest BCUT2D eigenvalue weighted by molar-refractivity contribution is 9.10. The maximum Gasteiger partial charge on any atom is 0.223 e. The molecule has 0 spiro atoms. The fourth-order valence-corrected chi connectivity index (χ4v) is 2.96. The number of nitrogens with one attached hydrogen (secondary N) is 1. The molecule has 21 heavy (non-hydrogen) atoms. The van der Waals surface area contributed by atoms with Crippen molar-refractivity contribution >= 4 is 21.8 Å². The first-order valence-corrected chi connectivity index (χ1v) is 8.27. The molecular weight excluding hydrogens is 334 g/mol. The van der Waals surface area contributed by atoms with Crippen LogP contribution < -0.4 is 10.1 Å². The van der Waals surface area contributed by atoms with Crippen molar-refractivity contribution in [3.8, 4) is 5.75 Å². The first-order valence-electron chi connectivity index (χ1n) is 7.48. The molecule has 0 radical (unpaired) electrons. The Kier molecular flexibility index (Phi) is 6.51. The van der Waals surface area contributed by atoms with Gasteiger partial charge in [-0.2, -0.15) is 0 Å². The van der Waals surface area contributed by atoms with E-state index in [0.717, 1.165) is 35.9 Å². The highest BCUT2D eigenvalue weighted by Crippen LogP contribution is 2.23. The van der Waals surface area contributed by atoms with Gasteiger partial charge in [0, 0.05) is 16.9 Å². The van der Waals surface area contributed by atoms with Crippen LogP contribution in [0.3, 0.4) is 0 Å². The zero-order chi connectivity index (χ0) is 15.1. The van der Waals surface area contributed by atoms with Gasteiger partial charge in [0.15, 0.2) is 0 Å². The Morgan fingerprint density at radius 1 is 1.38 bits per heavy atom. The highest BCUT2D eigenvalue weighted by atomic mass is 79.9. The van der Waals surface area contributed by atoms with Gasteiger partial charge in [0.2, 0.25) is 5.91 Å². The zero-order valence-corrected chi connectivity index (χ0v) is 13.6. The Bertz CT molecular complexity index is 467. The van der Waals surface area contributed by atoms with Crippen molar-refractivity contribution in [1.29, 1.82) is 0 Å². The van der Waals surface area contributed by atoms with Crippen LogP contribution in [0.2, 0.25) is 0 Å². The maximum atomic E-state index is 11.8. The minimum atomic E-state index is -0.267. The number of hydrogen-bond donors (Lipinski definition) is 2. The van der Waals surface area contributed by atoms with Crippen molar-refractivity contribution in [3.63, 3.8) is 0 Å². The van der Waals surface area contributed by atoms with Gasteiger partial charge in [-0.1, -0.05) is 34.8 Å². The SMILES string of the molecule is O=C(CCOc1cccc(Br)c1)NCC1CCCCC1O. The van der Waals surface area contributed by atoms with Crippen molar-refractivity contribution in [2.24, 2.45) is 5.92 Å². The molecule has 1 aliphatic carbocycles. The lowest BCUT2D eigenvalue weighted by molar-refractivity contribution is -0.122. The molecule has 1 fully saturated rings. The molecular formula is C16H22BrNO3. The van der Waals surface area contributed by atoms with Crippen LogP contribution in [0.15, 0.2) is 28.7 Å². The largest absolute Gasteiger partial charge is 0.493 e. The number of benzene rings is 1. The minimum absolute atomic E-state index is 0.0252. The molecule has 2 N–H and O–H groups in total. The van der Waals surface area contributed by atoms with E-state index in [1.165, 1.54) is 0 Å². The third kappa shape index (κ3) is 5.67. The molecule has 2 unspecified atom stereocenters. The summed E-state index contributed by atoms with van der Waals surface area (Å²) in [5, 5.41) is 12.7. The molecule has 1 aliphatic rings. The third-order valence-electron chi connectivity index (χ3n) is 3.82. The van der Waals surface area contributed by atoms with Crippen LogP contribution in [0.1, 0.15) is 32.1 Å². The summed E-state index contributed by atoms with van der Waals surface area (Å²) in [5.74, 6) is 0.927. The van der Waals surface area contributed by atoms with Gasteiger partial charge in [-0.3, -0.25) is 4.79 Å². The fraction of sp³-hybridized carbons (Fsp3) is 0.562. The quantitative estimate of drug-likeness (QED) is 0.824. The average molecular weight is 356 g/mol. The molecule has 1 amide bonds. The summed E-state index contributed by atoms with van der Waals surface area (Å²) in [7, 11) is 0. The summed E-state index contributed by atoms with van der Waals surface area (Å²) in [6.07, 6.45) is 4.14. The molecule has 0 aromatic heterocycles. The summed E-state index contributed by atoms with van der Waals surface area (Å²) < 4.78 is 6.48. The monoisotopic (exact) mass is 355 g/mol. The summed E-state index contributed by atoms with van der Waals surface area (Å²) >= 11 is 3.37. The van der Waals surface area contributed by atoms with E-state index in [9.17, 15) is 9.90 Å². The van der Waals surface area contributed by atoms with Crippen molar-refractivity contribution < 1.29 is 14.6 Å². The lowest BCUT2D eigenvalue weighted by Crippen LogP contribution is -2.37. The Morgan fingerprint density at radius 3 is 2.95 bits per heavy atom. The molecule has 0 aliphatic heterocycles. The van der Waals surface area contributed by atoms with Gasteiger partial charge < -0.3 is 15.2 Å². The number of rotatable bonds is 6. The van der Waals surface area contributed by atoms with Gasteiger partial charge in [0.25, 0.3) is 0 Å². The summed E-state index contributed by atoms with van der Waals surface area (Å²) in [5.41, 5.74) is 0. The van der Waals surface area contributed by atoms with Crippen molar-refractivity contribution in [3.05, 3.63) is 28.7 Å². The van der Waals surface area contributed by atoms with Gasteiger partial charge in [0.05, 0.1) is 19.1 Å². The summed E-state index contributed by atoms with van der Waals surface area (Å²) in [6, 6.07) is 7.55. The molecule has 4 nitrogen and oxygen atoms in total. The van der Waals surface area contributed by atoms with Gasteiger partial charge in [0.1, 0.15) is 5.75 Å². The predicted octanol–water partition coefficient (Wildman–Crippen LogP) is 2.89. The van der Waals surface area contributed by atoms with Crippen LogP contribution in [-0.2, 0) is 4.79 Å². The zero-order valence-electron chi connectivity index (χ0n) is 12.1. The van der Waals surface area contributed by atoms with E-state index in [0.29, 0.717) is 19.6 Å². The van der Waals surface area contributed by atoms with Gasteiger partial charge in [-0.15, -0.1) is 0 Å². The smallest absolute Gasteiger partial charge is 0.223 e. The second-order valence-electron chi connectivity index (χ2n) is 5.47. The number of hydrogen-bond acceptors (Lipinski definition) is 3. The molecule has 0 saturated heterocycles. The van der Waals surface area contributed by atoms with E-state index < -0.39 is 0 Å². The molecule has 2 atom stereocenters. The Balaban J connectivity index is 1.63. The van der Waals surface area contributed by atoms with E-state index in [2.05, 4.69) is 21.2 Å². The lowest BCUT2D eigenvalue weighted by Gasteiger charge is -2.27. The second kappa shape index (κ2) is 8.39. The average Bonchev–Trinajstić information content (AvgIpc) is 2.46. The molecule has 0 heterocycles. The molecule has 5 heteroatoms. The minimum Gasteiger partial charge on any atom is -0.493 e. The van der Waals surface area contributed by atoms with E-state index in [1.54, 1.807) is 0 Å². The number of amides is 1. The van der Waals surface area contributed by atoms with Crippen molar-refractivity contribution in [2.45, 2.75) is 38.2 Å². The molecule has 116 valence electrons. The predicted molar refractivity (Wildman–Crippen MR) is 85.2 cm³/mol. The Hall–Kier alpha value is -1.07. The first-order chi connectivity index (χ1) is 10.1. The van der Waals surface area contributed by atoms with Crippen LogP contribution in [0.4, 0.5) is 0 Å². The number of aliphatic hydroxyl groups is 1. The standard InChI is InChI=1S/C16H22BrNO3/c17-13-5-3-6-14(10-13)21-9-8-16(20)18-11-12-4-1-2-7-15(12)19/h3,5-6,10,12,15,19H,1-2,4,7-9,11H2,(H,18,20). The van der Waals surface area contributed by atoms with Gasteiger partial charge in [-0.25, -0.2) is 0 Å². The lowest BCUT2D eigenvalue weighted by atomic mass is 9.86. The van der Waals surface area contributed by atoms with Crippen LogP contribution in [0, 0.1) is 5.92 Å². The summed E-state index contributed by atoms with van der Waals surface area (Å²) in [6.45, 7) is 0.923. The Morgan fingerprint density at radius 2 is 2.19 bits per heavy atom. The molecule has 0 bridgehead atoms. The first kappa shape index (κ1) is 16.3. The fourth-order valence-electron chi connectivity index (χ4n) is 2.58. The van der Waals surface area contributed by atoms with Crippen molar-refractivity contribution in [1.82, 2.24) is 5.32 Å². The second-order valence-corrected chi connectivity index (χ2v) is 6.39. The molecule has 1 aromatic carbocycles. The van der Waals surface area contributed by atoms with E-state index in [-0.39, 0.29) is 17.9 Å². The highest BCUT2D eigenvalue weighted by Gasteiger charge is 2.23. The topological polar surface area (TPSA) is 58.6 Å². The van der Waals surface area contributed by atoms with E-state index in [4.69, 9.17) is 4.74 Å². The van der Waals surface area contributed by atoms with Crippen LogP contribution in [-0.4, -0.2) is 30.3 Å². The van der Waals surface area contributed by atoms with Crippen LogP contribution >= 0.6 is 15.9 Å². The van der Waals surface area contributed by atoms with Gasteiger partial charge >= 0.3 is 0 Å². The maximum absolute atomic E-state index is 11.8. The van der Waals surface area contributed by atoms with Crippen LogP contribution in [0.25, 0.3) is 0 Å². The Labute approximate surface area is 134 Å². The molecule has 1 aromatic rings. The number of carbonyl (C=O) groups excluding carboxylic acids is 1. The van der Waals surface area contributed by atoms with E-state index in [1.807, 2.05) is 24.3 Å².